The minimum absolute atomic E-state index is 0.615. The van der Waals surface area contributed by atoms with E-state index in [0.717, 1.165) is 18.6 Å². The monoisotopic (exact) mass is 227 g/mol. The summed E-state index contributed by atoms with van der Waals surface area (Å²) in [7, 11) is 2.18. The van der Waals surface area contributed by atoms with Gasteiger partial charge in [0.05, 0.1) is 5.52 Å². The number of fused-ring (bicyclic) bond motifs is 1. The highest BCUT2D eigenvalue weighted by molar-refractivity contribution is 5.82. The summed E-state index contributed by atoms with van der Waals surface area (Å²) in [4.78, 5) is 6.72. The first kappa shape index (κ1) is 10.5. The van der Waals surface area contributed by atoms with Crippen molar-refractivity contribution >= 4 is 16.6 Å². The first-order valence-corrected chi connectivity index (χ1v) is 6.13. The molecule has 2 heterocycles. The van der Waals surface area contributed by atoms with E-state index in [-0.39, 0.29) is 0 Å². The Labute approximate surface area is 101 Å². The summed E-state index contributed by atoms with van der Waals surface area (Å²) >= 11 is 0. The maximum atomic E-state index is 4.35. The topological polar surface area (TPSA) is 28.2 Å². The van der Waals surface area contributed by atoms with Crippen LogP contribution < -0.4 is 10.2 Å². The number of likely N-dealkylation sites (N-methyl/N-ethyl adjacent to an activating group) is 1. The Balaban J connectivity index is 1.94. The lowest BCUT2D eigenvalue weighted by Crippen LogP contribution is -2.33. The van der Waals surface area contributed by atoms with Gasteiger partial charge >= 0.3 is 0 Å². The van der Waals surface area contributed by atoms with Gasteiger partial charge < -0.3 is 10.2 Å². The molecule has 88 valence electrons. The molecule has 1 aliphatic rings. The van der Waals surface area contributed by atoms with E-state index in [1.807, 2.05) is 12.3 Å². The fraction of sp³-hybridized carbons (Fsp3) is 0.357. The number of nitrogens with one attached hydrogen (secondary N) is 1. The number of pyridine rings is 1. The molecule has 2 aromatic rings. The van der Waals surface area contributed by atoms with Crippen LogP contribution in [0.2, 0.25) is 0 Å². The lowest BCUT2D eigenvalue weighted by atomic mass is 10.1. The zero-order valence-electron chi connectivity index (χ0n) is 10.1. The van der Waals surface area contributed by atoms with Crippen LogP contribution in [0.5, 0.6) is 0 Å². The summed E-state index contributed by atoms with van der Waals surface area (Å²) in [6.45, 7) is 2.21. The Bertz CT molecular complexity index is 518. The van der Waals surface area contributed by atoms with Crippen LogP contribution in [0.15, 0.2) is 36.5 Å². The number of benzene rings is 1. The normalized spacial score (nSPS) is 19.7. The molecule has 1 aromatic heterocycles. The molecule has 0 radical (unpaired) electrons. The largest absolute Gasteiger partial charge is 0.370 e. The molecular formula is C14H17N3. The van der Waals surface area contributed by atoms with E-state index in [1.54, 1.807) is 0 Å². The summed E-state index contributed by atoms with van der Waals surface area (Å²) in [6, 6.07) is 11.2. The van der Waals surface area contributed by atoms with Gasteiger partial charge in [-0.15, -0.1) is 0 Å². The van der Waals surface area contributed by atoms with Gasteiger partial charge in [0.15, 0.2) is 0 Å². The van der Waals surface area contributed by atoms with Crippen molar-refractivity contribution in [2.24, 2.45) is 0 Å². The van der Waals surface area contributed by atoms with Crippen LogP contribution in [0, 0.1) is 0 Å². The van der Waals surface area contributed by atoms with Gasteiger partial charge in [-0.3, -0.25) is 4.98 Å². The quantitative estimate of drug-likeness (QED) is 0.851. The van der Waals surface area contributed by atoms with Crippen molar-refractivity contribution in [3.05, 3.63) is 36.5 Å². The molecule has 17 heavy (non-hydrogen) atoms. The number of hydrogen-bond donors (Lipinski definition) is 1. The lowest BCUT2D eigenvalue weighted by Gasteiger charge is -2.26. The minimum Gasteiger partial charge on any atom is -0.370 e. The second kappa shape index (κ2) is 4.34. The summed E-state index contributed by atoms with van der Waals surface area (Å²) in [6.07, 6.45) is 3.06. The van der Waals surface area contributed by atoms with Gasteiger partial charge in [-0.2, -0.15) is 0 Å². The number of rotatable bonds is 2. The molecule has 1 aliphatic heterocycles. The van der Waals surface area contributed by atoms with Gasteiger partial charge in [0, 0.05) is 36.9 Å². The second-order valence-corrected chi connectivity index (χ2v) is 4.64. The predicted molar refractivity (Wildman–Crippen MR) is 71.4 cm³/mol. The summed E-state index contributed by atoms with van der Waals surface area (Å²) in [5.74, 6) is 0. The van der Waals surface area contributed by atoms with Crippen molar-refractivity contribution in [2.45, 2.75) is 12.5 Å². The third kappa shape index (κ3) is 1.98. The van der Waals surface area contributed by atoms with Crippen molar-refractivity contribution in [3.8, 4) is 0 Å². The molecule has 1 aromatic carbocycles. The Morgan fingerprint density at radius 1 is 1.35 bits per heavy atom. The van der Waals surface area contributed by atoms with Gasteiger partial charge in [0.25, 0.3) is 0 Å². The van der Waals surface area contributed by atoms with E-state index in [1.165, 1.54) is 17.5 Å². The Hall–Kier alpha value is -1.61. The number of nitrogens with zero attached hydrogens (tertiary/aromatic N) is 2. The van der Waals surface area contributed by atoms with Crippen LogP contribution in [0.1, 0.15) is 6.42 Å². The lowest BCUT2D eigenvalue weighted by molar-refractivity contribution is 0.686. The maximum absolute atomic E-state index is 4.35. The van der Waals surface area contributed by atoms with Gasteiger partial charge in [0.1, 0.15) is 0 Å². The van der Waals surface area contributed by atoms with Crippen LogP contribution in [0.25, 0.3) is 10.9 Å². The highest BCUT2D eigenvalue weighted by Gasteiger charge is 2.19. The zero-order chi connectivity index (χ0) is 11.7. The summed E-state index contributed by atoms with van der Waals surface area (Å²) < 4.78 is 0. The average Bonchev–Trinajstić information content (AvgIpc) is 2.91. The molecule has 1 atom stereocenters. The van der Waals surface area contributed by atoms with Crippen molar-refractivity contribution in [1.82, 2.24) is 10.3 Å². The molecule has 0 amide bonds. The fourth-order valence-electron chi connectivity index (χ4n) is 2.46. The first-order valence-electron chi connectivity index (χ1n) is 6.13. The van der Waals surface area contributed by atoms with Crippen LogP contribution in [-0.2, 0) is 0 Å². The van der Waals surface area contributed by atoms with Crippen molar-refractivity contribution < 1.29 is 0 Å². The van der Waals surface area contributed by atoms with E-state index in [2.05, 4.69) is 46.5 Å². The Kier molecular flexibility index (Phi) is 2.69. The molecule has 1 N–H and O–H groups in total. The third-order valence-corrected chi connectivity index (χ3v) is 3.58. The maximum Gasteiger partial charge on any atom is 0.0703 e. The highest BCUT2D eigenvalue weighted by Crippen LogP contribution is 2.22. The van der Waals surface area contributed by atoms with Crippen molar-refractivity contribution in [2.75, 3.05) is 25.0 Å². The molecule has 1 fully saturated rings. The fourth-order valence-corrected chi connectivity index (χ4v) is 2.46. The van der Waals surface area contributed by atoms with Gasteiger partial charge in [0.2, 0.25) is 0 Å². The van der Waals surface area contributed by atoms with Gasteiger partial charge in [-0.25, -0.2) is 0 Å². The number of aromatic nitrogens is 1. The number of anilines is 1. The predicted octanol–water partition coefficient (Wildman–Crippen LogP) is 2.03. The van der Waals surface area contributed by atoms with E-state index in [4.69, 9.17) is 0 Å². The van der Waals surface area contributed by atoms with Crippen LogP contribution in [0.4, 0.5) is 5.69 Å². The molecule has 3 heteroatoms. The van der Waals surface area contributed by atoms with Gasteiger partial charge in [-0.1, -0.05) is 6.07 Å². The first-order chi connectivity index (χ1) is 8.34. The average molecular weight is 227 g/mol. The SMILES string of the molecule is CN(c1ccc2ncccc2c1)[C@@H]1CCNC1. The highest BCUT2D eigenvalue weighted by atomic mass is 15.2. The molecule has 3 nitrogen and oxygen atoms in total. The van der Waals surface area contributed by atoms with Crippen LogP contribution >= 0.6 is 0 Å². The standard InChI is InChI=1S/C14H17N3/c1-17(13-6-8-15-10-13)12-4-5-14-11(9-12)3-2-7-16-14/h2-5,7,9,13,15H,6,8,10H2,1H3/t13-/m1/s1. The molecule has 0 aliphatic carbocycles. The van der Waals surface area contributed by atoms with E-state index >= 15 is 0 Å². The molecule has 0 saturated carbocycles. The smallest absolute Gasteiger partial charge is 0.0703 e. The van der Waals surface area contributed by atoms with Crippen LogP contribution in [0.3, 0.4) is 0 Å². The summed E-state index contributed by atoms with van der Waals surface area (Å²) in [5, 5.41) is 4.62. The van der Waals surface area contributed by atoms with Crippen molar-refractivity contribution in [1.29, 1.82) is 0 Å². The van der Waals surface area contributed by atoms with Gasteiger partial charge in [-0.05, 0) is 37.2 Å². The van der Waals surface area contributed by atoms with E-state index < -0.39 is 0 Å². The molecule has 3 rings (SSSR count). The zero-order valence-corrected chi connectivity index (χ0v) is 10.1. The summed E-state index contributed by atoms with van der Waals surface area (Å²) in [5.41, 5.74) is 2.34. The Morgan fingerprint density at radius 3 is 3.12 bits per heavy atom. The van der Waals surface area contributed by atoms with E-state index in [9.17, 15) is 0 Å². The molecule has 0 unspecified atom stereocenters. The van der Waals surface area contributed by atoms with Crippen molar-refractivity contribution in [3.63, 3.8) is 0 Å². The van der Waals surface area contributed by atoms with Crippen LogP contribution in [-0.4, -0.2) is 31.2 Å². The molecule has 0 spiro atoms. The third-order valence-electron chi connectivity index (χ3n) is 3.58. The second-order valence-electron chi connectivity index (χ2n) is 4.64. The van der Waals surface area contributed by atoms with E-state index in [0.29, 0.717) is 6.04 Å². The molecule has 0 bridgehead atoms. The Morgan fingerprint density at radius 2 is 2.29 bits per heavy atom. The molecular weight excluding hydrogens is 210 g/mol. The number of hydrogen-bond acceptors (Lipinski definition) is 3. The molecule has 1 saturated heterocycles. The minimum atomic E-state index is 0.615.